The van der Waals surface area contributed by atoms with Crippen LogP contribution in [-0.4, -0.2) is 51.4 Å². The van der Waals surface area contributed by atoms with E-state index >= 15 is 0 Å². The molecule has 0 aromatic rings. The average Bonchev–Trinajstić information content (AvgIpc) is 3.06. The summed E-state index contributed by atoms with van der Waals surface area (Å²) in [6.45, 7) is 2.47. The molecule has 2 aliphatic heterocycles. The number of likely N-dealkylation sites (tertiary alicyclic amines) is 1. The van der Waals surface area contributed by atoms with Crippen molar-refractivity contribution in [1.82, 2.24) is 9.80 Å². The number of thioether (sulfide) groups is 1. The second kappa shape index (κ2) is 5.58. The summed E-state index contributed by atoms with van der Waals surface area (Å²) in [4.78, 5) is 28.5. The van der Waals surface area contributed by atoms with Crippen LogP contribution in [0.5, 0.6) is 0 Å². The highest BCUT2D eigenvalue weighted by molar-refractivity contribution is 7.99. The van der Waals surface area contributed by atoms with Gasteiger partial charge in [-0.1, -0.05) is 19.3 Å². The lowest BCUT2D eigenvalue weighted by Crippen LogP contribution is -2.55. The minimum Gasteiger partial charge on any atom is -0.335 e. The maximum atomic E-state index is 13.0. The van der Waals surface area contributed by atoms with Gasteiger partial charge in [0.05, 0.1) is 5.88 Å². The summed E-state index contributed by atoms with van der Waals surface area (Å²) < 4.78 is 0. The molecule has 1 spiro atoms. The van der Waals surface area contributed by atoms with Crippen LogP contribution in [0.2, 0.25) is 0 Å². The standard InChI is InChI=1S/C15H24N2O2S/c1-12(18)16-11-20-10-13(16)14(19)17-9-5-8-15(17)6-3-2-4-7-15/h13H,2-11H2,1H3. The van der Waals surface area contributed by atoms with Crippen LogP contribution in [0.3, 0.4) is 0 Å². The zero-order chi connectivity index (χ0) is 14.2. The van der Waals surface area contributed by atoms with E-state index in [2.05, 4.69) is 4.90 Å². The Morgan fingerprint density at radius 3 is 2.50 bits per heavy atom. The van der Waals surface area contributed by atoms with Gasteiger partial charge < -0.3 is 9.80 Å². The summed E-state index contributed by atoms with van der Waals surface area (Å²) >= 11 is 1.70. The molecule has 2 saturated heterocycles. The summed E-state index contributed by atoms with van der Waals surface area (Å²) in [5.41, 5.74) is 0.130. The summed E-state index contributed by atoms with van der Waals surface area (Å²) in [5, 5.41) is 0. The number of hydrogen-bond donors (Lipinski definition) is 0. The van der Waals surface area contributed by atoms with Crippen molar-refractivity contribution in [1.29, 1.82) is 0 Å². The molecule has 1 atom stereocenters. The quantitative estimate of drug-likeness (QED) is 0.745. The molecule has 2 amide bonds. The lowest BCUT2D eigenvalue weighted by molar-refractivity contribution is -0.146. The van der Waals surface area contributed by atoms with Gasteiger partial charge in [-0.15, -0.1) is 11.8 Å². The second-order valence-electron chi connectivity index (χ2n) is 6.38. The van der Waals surface area contributed by atoms with E-state index in [1.165, 1.54) is 38.5 Å². The summed E-state index contributed by atoms with van der Waals surface area (Å²) in [6.07, 6.45) is 8.43. The molecule has 0 radical (unpaired) electrons. The van der Waals surface area contributed by atoms with Gasteiger partial charge in [0.1, 0.15) is 6.04 Å². The lowest BCUT2D eigenvalue weighted by atomic mass is 9.79. The van der Waals surface area contributed by atoms with E-state index in [4.69, 9.17) is 0 Å². The van der Waals surface area contributed by atoms with Crippen molar-refractivity contribution < 1.29 is 9.59 Å². The Balaban J connectivity index is 1.77. The highest BCUT2D eigenvalue weighted by Crippen LogP contribution is 2.42. The van der Waals surface area contributed by atoms with Gasteiger partial charge in [-0.3, -0.25) is 9.59 Å². The topological polar surface area (TPSA) is 40.6 Å². The van der Waals surface area contributed by atoms with Crippen molar-refractivity contribution in [3.63, 3.8) is 0 Å². The Bertz CT molecular complexity index is 407. The Labute approximate surface area is 125 Å². The van der Waals surface area contributed by atoms with Gasteiger partial charge in [-0.25, -0.2) is 0 Å². The van der Waals surface area contributed by atoms with Crippen molar-refractivity contribution in [3.8, 4) is 0 Å². The predicted molar refractivity (Wildman–Crippen MR) is 80.4 cm³/mol. The normalized spacial score (nSPS) is 29.1. The molecule has 0 aromatic heterocycles. The molecule has 5 heteroatoms. The van der Waals surface area contributed by atoms with Crippen LogP contribution in [0.15, 0.2) is 0 Å². The number of rotatable bonds is 1. The first-order valence-electron chi connectivity index (χ1n) is 7.80. The van der Waals surface area contributed by atoms with Crippen molar-refractivity contribution in [2.24, 2.45) is 0 Å². The fourth-order valence-corrected chi connectivity index (χ4v) is 5.36. The van der Waals surface area contributed by atoms with Crippen LogP contribution >= 0.6 is 11.8 Å². The maximum Gasteiger partial charge on any atom is 0.246 e. The first-order valence-corrected chi connectivity index (χ1v) is 8.96. The predicted octanol–water partition coefficient (Wildman–Crippen LogP) is 2.23. The molecule has 0 aromatic carbocycles. The SMILES string of the molecule is CC(=O)N1CSCC1C(=O)N1CCCC12CCCCC2. The third kappa shape index (κ3) is 2.34. The Hall–Kier alpha value is -0.710. The molecule has 1 unspecified atom stereocenters. The van der Waals surface area contributed by atoms with Crippen LogP contribution < -0.4 is 0 Å². The average molecular weight is 296 g/mol. The van der Waals surface area contributed by atoms with Gasteiger partial charge >= 0.3 is 0 Å². The maximum absolute atomic E-state index is 13.0. The molecule has 3 aliphatic rings. The van der Waals surface area contributed by atoms with E-state index < -0.39 is 0 Å². The smallest absolute Gasteiger partial charge is 0.246 e. The summed E-state index contributed by atoms with van der Waals surface area (Å²) in [5.74, 6) is 1.69. The van der Waals surface area contributed by atoms with Gasteiger partial charge in [-0.2, -0.15) is 0 Å². The van der Waals surface area contributed by atoms with Crippen LogP contribution in [-0.2, 0) is 9.59 Å². The van der Waals surface area contributed by atoms with Gasteiger partial charge in [0.25, 0.3) is 0 Å². The van der Waals surface area contributed by atoms with Crippen LogP contribution in [0.25, 0.3) is 0 Å². The van der Waals surface area contributed by atoms with Crippen LogP contribution in [0, 0.1) is 0 Å². The van der Waals surface area contributed by atoms with Crippen LogP contribution in [0.4, 0.5) is 0 Å². The number of amides is 2. The van der Waals surface area contributed by atoms with Gasteiger partial charge in [0.2, 0.25) is 11.8 Å². The molecule has 1 aliphatic carbocycles. The highest BCUT2D eigenvalue weighted by atomic mass is 32.2. The first-order chi connectivity index (χ1) is 9.64. The zero-order valence-corrected chi connectivity index (χ0v) is 13.1. The number of hydrogen-bond acceptors (Lipinski definition) is 3. The third-order valence-corrected chi connectivity index (χ3v) is 6.23. The van der Waals surface area contributed by atoms with E-state index in [1.54, 1.807) is 23.6 Å². The fraction of sp³-hybridized carbons (Fsp3) is 0.867. The summed E-state index contributed by atoms with van der Waals surface area (Å²) in [6, 6.07) is -0.214. The monoisotopic (exact) mass is 296 g/mol. The number of carbonyl (C=O) groups is 2. The second-order valence-corrected chi connectivity index (χ2v) is 7.38. The van der Waals surface area contributed by atoms with E-state index in [0.717, 1.165) is 18.7 Å². The van der Waals surface area contributed by atoms with E-state index in [1.807, 2.05) is 0 Å². The molecular formula is C15H24N2O2S. The van der Waals surface area contributed by atoms with Gasteiger partial charge in [0, 0.05) is 24.8 Å². The van der Waals surface area contributed by atoms with Gasteiger partial charge in [-0.05, 0) is 25.7 Å². The molecular weight excluding hydrogens is 272 g/mol. The summed E-state index contributed by atoms with van der Waals surface area (Å²) in [7, 11) is 0. The molecule has 20 heavy (non-hydrogen) atoms. The highest BCUT2D eigenvalue weighted by Gasteiger charge is 2.47. The lowest BCUT2D eigenvalue weighted by Gasteiger charge is -2.43. The zero-order valence-electron chi connectivity index (χ0n) is 12.3. The van der Waals surface area contributed by atoms with E-state index in [0.29, 0.717) is 5.88 Å². The Morgan fingerprint density at radius 1 is 1.10 bits per heavy atom. The molecule has 112 valence electrons. The van der Waals surface area contributed by atoms with E-state index in [9.17, 15) is 9.59 Å². The van der Waals surface area contributed by atoms with Crippen molar-refractivity contribution in [2.45, 2.75) is 63.5 Å². The number of carbonyl (C=O) groups excluding carboxylic acids is 2. The van der Waals surface area contributed by atoms with Crippen LogP contribution in [0.1, 0.15) is 51.9 Å². The molecule has 0 bridgehead atoms. The fourth-order valence-electron chi connectivity index (χ4n) is 4.15. The van der Waals surface area contributed by atoms with Gasteiger partial charge in [0.15, 0.2) is 0 Å². The minimum atomic E-state index is -0.214. The van der Waals surface area contributed by atoms with Crippen molar-refractivity contribution >= 4 is 23.6 Å². The molecule has 1 saturated carbocycles. The Kier molecular flexibility index (Phi) is 3.98. The number of nitrogens with zero attached hydrogens (tertiary/aromatic N) is 2. The van der Waals surface area contributed by atoms with Crippen molar-refractivity contribution in [2.75, 3.05) is 18.2 Å². The Morgan fingerprint density at radius 2 is 1.80 bits per heavy atom. The molecule has 4 nitrogen and oxygen atoms in total. The molecule has 3 rings (SSSR count). The third-order valence-electron chi connectivity index (χ3n) is 5.22. The minimum absolute atomic E-state index is 0.0326. The molecule has 2 heterocycles. The molecule has 3 fully saturated rings. The van der Waals surface area contributed by atoms with E-state index in [-0.39, 0.29) is 23.4 Å². The largest absolute Gasteiger partial charge is 0.335 e. The van der Waals surface area contributed by atoms with Crippen molar-refractivity contribution in [3.05, 3.63) is 0 Å². The molecule has 0 N–H and O–H groups in total. The first kappa shape index (κ1) is 14.2.